The largest absolute Gasteiger partial charge is 0.397 e. The van der Waals surface area contributed by atoms with Crippen molar-refractivity contribution in [2.24, 2.45) is 0 Å². The number of aryl methyl sites for hydroxylation is 1. The third-order valence-corrected chi connectivity index (χ3v) is 4.02. The smallest absolute Gasteiger partial charge is 0.265 e. The molecule has 1 amide bonds. The number of carbonyl (C=O) groups excluding carboxylic acids is 1. The highest BCUT2D eigenvalue weighted by Gasteiger charge is 2.19. The van der Waals surface area contributed by atoms with Crippen LogP contribution in [0.15, 0.2) is 18.2 Å². The zero-order valence-corrected chi connectivity index (χ0v) is 11.3. The number of thiophene rings is 1. The van der Waals surface area contributed by atoms with Crippen LogP contribution in [0.3, 0.4) is 0 Å². The monoisotopic (exact) mass is 264 g/mol. The first kappa shape index (κ1) is 12.9. The van der Waals surface area contributed by atoms with Gasteiger partial charge in [0.05, 0.1) is 12.3 Å². The van der Waals surface area contributed by atoms with Crippen LogP contribution in [0.2, 0.25) is 0 Å². The summed E-state index contributed by atoms with van der Waals surface area (Å²) in [7, 11) is 1.66. The molecule has 2 aromatic rings. The van der Waals surface area contributed by atoms with Gasteiger partial charge in [0.1, 0.15) is 4.88 Å². The molecular weight excluding hydrogens is 248 g/mol. The molecule has 2 rings (SSSR count). The number of nitrogen functional groups attached to an aromatic ring is 1. The summed E-state index contributed by atoms with van der Waals surface area (Å²) in [5.74, 6) is -0.139. The van der Waals surface area contributed by atoms with Crippen molar-refractivity contribution in [3.05, 3.63) is 28.6 Å². The highest BCUT2D eigenvalue weighted by Crippen LogP contribution is 2.34. The van der Waals surface area contributed by atoms with Gasteiger partial charge in [0.2, 0.25) is 0 Å². The van der Waals surface area contributed by atoms with Gasteiger partial charge in [-0.05, 0) is 18.6 Å². The molecular formula is C13H16N2O2S. The molecule has 0 aliphatic carbocycles. The maximum atomic E-state index is 12.2. The summed E-state index contributed by atoms with van der Waals surface area (Å²) in [5.41, 5.74) is 7.70. The van der Waals surface area contributed by atoms with Crippen LogP contribution in [0.4, 0.5) is 5.69 Å². The average molecular weight is 264 g/mol. The number of hydrogen-bond acceptors (Lipinski definition) is 4. The van der Waals surface area contributed by atoms with E-state index in [-0.39, 0.29) is 12.5 Å². The minimum Gasteiger partial charge on any atom is -0.397 e. The Morgan fingerprint density at radius 3 is 2.89 bits per heavy atom. The molecule has 1 aromatic heterocycles. The first-order valence-electron chi connectivity index (χ1n) is 5.69. The third kappa shape index (κ3) is 2.19. The fourth-order valence-corrected chi connectivity index (χ4v) is 3.02. The van der Waals surface area contributed by atoms with E-state index in [1.807, 2.05) is 25.1 Å². The van der Waals surface area contributed by atoms with Crippen molar-refractivity contribution in [3.8, 4) is 0 Å². The second-order valence-corrected chi connectivity index (χ2v) is 5.35. The van der Waals surface area contributed by atoms with E-state index < -0.39 is 0 Å². The van der Waals surface area contributed by atoms with E-state index >= 15 is 0 Å². The normalized spacial score (nSPS) is 10.8. The fourth-order valence-electron chi connectivity index (χ4n) is 1.81. The van der Waals surface area contributed by atoms with E-state index in [0.717, 1.165) is 15.6 Å². The predicted molar refractivity (Wildman–Crippen MR) is 75.0 cm³/mol. The number of amides is 1. The second-order valence-electron chi connectivity index (χ2n) is 4.29. The number of fused-ring (bicyclic) bond motifs is 1. The molecule has 0 saturated carbocycles. The molecule has 4 nitrogen and oxygen atoms in total. The van der Waals surface area contributed by atoms with Gasteiger partial charge in [0.25, 0.3) is 5.91 Å². The molecule has 0 saturated heterocycles. The number of aliphatic hydroxyl groups excluding tert-OH is 1. The lowest BCUT2D eigenvalue weighted by Gasteiger charge is -2.14. The number of nitrogens with zero attached hydrogens (tertiary/aromatic N) is 1. The first-order valence-corrected chi connectivity index (χ1v) is 6.51. The summed E-state index contributed by atoms with van der Waals surface area (Å²) in [6.07, 6.45) is 0. The Kier molecular flexibility index (Phi) is 3.54. The quantitative estimate of drug-likeness (QED) is 0.889. The maximum absolute atomic E-state index is 12.2. The van der Waals surface area contributed by atoms with Crippen molar-refractivity contribution in [2.75, 3.05) is 25.9 Å². The average Bonchev–Trinajstić information content (AvgIpc) is 2.65. The van der Waals surface area contributed by atoms with Crippen molar-refractivity contribution in [3.63, 3.8) is 0 Å². The Morgan fingerprint density at radius 1 is 1.50 bits per heavy atom. The van der Waals surface area contributed by atoms with Gasteiger partial charge in [-0.15, -0.1) is 11.3 Å². The Balaban J connectivity index is 2.45. The highest BCUT2D eigenvalue weighted by atomic mass is 32.1. The van der Waals surface area contributed by atoms with E-state index in [0.29, 0.717) is 17.1 Å². The predicted octanol–water partition coefficient (Wildman–Crippen LogP) is 1.86. The third-order valence-electron chi connectivity index (χ3n) is 2.86. The lowest BCUT2D eigenvalue weighted by Crippen LogP contribution is -2.29. The van der Waals surface area contributed by atoms with Crippen molar-refractivity contribution >= 4 is 33.0 Å². The van der Waals surface area contributed by atoms with Crippen LogP contribution < -0.4 is 5.73 Å². The van der Waals surface area contributed by atoms with E-state index in [2.05, 4.69) is 0 Å². The Hall–Kier alpha value is -1.59. The molecule has 0 atom stereocenters. The van der Waals surface area contributed by atoms with Crippen molar-refractivity contribution in [1.29, 1.82) is 0 Å². The zero-order valence-electron chi connectivity index (χ0n) is 10.4. The first-order chi connectivity index (χ1) is 8.54. The van der Waals surface area contributed by atoms with Crippen LogP contribution >= 0.6 is 11.3 Å². The highest BCUT2D eigenvalue weighted by molar-refractivity contribution is 7.21. The molecule has 0 aliphatic rings. The summed E-state index contributed by atoms with van der Waals surface area (Å²) < 4.78 is 1.02. The van der Waals surface area contributed by atoms with E-state index in [9.17, 15) is 4.79 Å². The number of carbonyl (C=O) groups is 1. The lowest BCUT2D eigenvalue weighted by molar-refractivity contribution is 0.0772. The van der Waals surface area contributed by atoms with Crippen molar-refractivity contribution in [2.45, 2.75) is 6.92 Å². The topological polar surface area (TPSA) is 66.6 Å². The van der Waals surface area contributed by atoms with Crippen molar-refractivity contribution < 1.29 is 9.90 Å². The van der Waals surface area contributed by atoms with Crippen LogP contribution in [0.5, 0.6) is 0 Å². The molecule has 5 heteroatoms. The van der Waals surface area contributed by atoms with Crippen LogP contribution in [-0.2, 0) is 0 Å². The van der Waals surface area contributed by atoms with Gasteiger partial charge in [0.15, 0.2) is 0 Å². The van der Waals surface area contributed by atoms with Gasteiger partial charge >= 0.3 is 0 Å². The number of benzene rings is 1. The zero-order chi connectivity index (χ0) is 13.3. The molecule has 0 radical (unpaired) electrons. The molecule has 0 aliphatic heterocycles. The van der Waals surface area contributed by atoms with Gasteiger partial charge in [-0.1, -0.05) is 12.1 Å². The second kappa shape index (κ2) is 4.96. The summed E-state index contributed by atoms with van der Waals surface area (Å²) >= 11 is 1.40. The maximum Gasteiger partial charge on any atom is 0.265 e. The van der Waals surface area contributed by atoms with Crippen LogP contribution in [-0.4, -0.2) is 36.1 Å². The summed E-state index contributed by atoms with van der Waals surface area (Å²) in [4.78, 5) is 14.2. The number of rotatable bonds is 3. The van der Waals surface area contributed by atoms with Crippen LogP contribution in [0.25, 0.3) is 10.1 Å². The Bertz CT molecular complexity index is 592. The number of aliphatic hydroxyl groups is 1. The molecule has 0 bridgehead atoms. The van der Waals surface area contributed by atoms with E-state index in [1.54, 1.807) is 7.05 Å². The summed E-state index contributed by atoms with van der Waals surface area (Å²) in [5, 5.41) is 9.78. The van der Waals surface area contributed by atoms with E-state index in [1.165, 1.54) is 16.2 Å². The molecule has 3 N–H and O–H groups in total. The van der Waals surface area contributed by atoms with Gasteiger partial charge < -0.3 is 15.7 Å². The minimum absolute atomic E-state index is 0.0495. The van der Waals surface area contributed by atoms with Gasteiger partial charge in [-0.3, -0.25) is 4.79 Å². The van der Waals surface area contributed by atoms with E-state index in [4.69, 9.17) is 10.8 Å². The molecule has 1 heterocycles. The van der Waals surface area contributed by atoms with Gasteiger partial charge in [-0.25, -0.2) is 0 Å². The van der Waals surface area contributed by atoms with Gasteiger partial charge in [-0.2, -0.15) is 0 Å². The number of likely N-dealkylation sites (N-methyl/N-ethyl adjacent to an activating group) is 1. The Labute approximate surface area is 110 Å². The van der Waals surface area contributed by atoms with Crippen molar-refractivity contribution in [1.82, 2.24) is 4.90 Å². The van der Waals surface area contributed by atoms with Gasteiger partial charge in [0, 0.05) is 23.7 Å². The Morgan fingerprint density at radius 2 is 2.22 bits per heavy atom. The molecule has 1 aromatic carbocycles. The summed E-state index contributed by atoms with van der Waals surface area (Å²) in [6, 6.07) is 5.95. The lowest BCUT2D eigenvalue weighted by atomic mass is 10.1. The molecule has 0 unspecified atom stereocenters. The minimum atomic E-state index is -0.139. The molecule has 96 valence electrons. The molecule has 0 spiro atoms. The number of nitrogens with two attached hydrogens (primary N) is 1. The summed E-state index contributed by atoms with van der Waals surface area (Å²) in [6.45, 7) is 2.27. The number of anilines is 1. The molecule has 0 fully saturated rings. The SMILES string of the molecule is Cc1ccc2c(N)c(C(=O)N(C)CCO)sc2c1. The fraction of sp³-hybridized carbons (Fsp3) is 0.308. The van der Waals surface area contributed by atoms with Crippen LogP contribution in [0.1, 0.15) is 15.2 Å². The molecule has 18 heavy (non-hydrogen) atoms. The van der Waals surface area contributed by atoms with Crippen LogP contribution in [0, 0.1) is 6.92 Å². The number of hydrogen-bond donors (Lipinski definition) is 2. The standard InChI is InChI=1S/C13H16N2O2S/c1-8-3-4-9-10(7-8)18-12(11(9)14)13(17)15(2)5-6-16/h3-4,7,16H,5-6,14H2,1-2H3.